The van der Waals surface area contributed by atoms with Crippen LogP contribution in [0.1, 0.15) is 5.56 Å². The van der Waals surface area contributed by atoms with Crippen LogP contribution in [0.3, 0.4) is 0 Å². The van der Waals surface area contributed by atoms with Crippen molar-refractivity contribution in [3.63, 3.8) is 0 Å². The van der Waals surface area contributed by atoms with Gasteiger partial charge in [-0.15, -0.1) is 0 Å². The van der Waals surface area contributed by atoms with Crippen LogP contribution < -0.4 is 4.90 Å². The maximum Gasteiger partial charge on any atom is 0.120 e. The number of anilines is 1. The number of rotatable bonds is 5. The van der Waals surface area contributed by atoms with Gasteiger partial charge in [-0.2, -0.15) is 0 Å². The fourth-order valence-electron chi connectivity index (χ4n) is 1.90. The Hall–Kier alpha value is -1.32. The van der Waals surface area contributed by atoms with Crippen LogP contribution in [0.25, 0.3) is 0 Å². The topological polar surface area (TPSA) is 28.3 Å². The fourth-order valence-corrected chi connectivity index (χ4v) is 1.90. The molecule has 2 aliphatic rings. The Morgan fingerprint density at radius 3 is 2.47 bits per heavy atom. The zero-order chi connectivity index (χ0) is 11.8. The number of hydrogen-bond acceptors (Lipinski definition) is 3. The standard InChI is InChI=1S/C14H17NO2/c1-10-3-5-12(6-4-10)15(7-13-8-16-13)11(2)14-9-17-14/h3-6,13-14H,2,7-9H2,1H3. The molecular formula is C14H17NO2. The number of nitrogens with zero attached hydrogens (tertiary/aromatic N) is 1. The highest BCUT2D eigenvalue weighted by molar-refractivity contribution is 5.54. The molecule has 2 fully saturated rings. The molecule has 0 saturated carbocycles. The minimum absolute atomic E-state index is 0.204. The molecule has 0 aromatic heterocycles. The number of benzene rings is 1. The molecule has 2 heterocycles. The molecular weight excluding hydrogens is 214 g/mol. The summed E-state index contributed by atoms with van der Waals surface area (Å²) in [5, 5.41) is 0. The van der Waals surface area contributed by atoms with Crippen molar-refractivity contribution in [1.29, 1.82) is 0 Å². The van der Waals surface area contributed by atoms with Gasteiger partial charge in [0, 0.05) is 11.4 Å². The van der Waals surface area contributed by atoms with Crippen molar-refractivity contribution in [3.05, 3.63) is 42.1 Å². The van der Waals surface area contributed by atoms with E-state index in [0.29, 0.717) is 6.10 Å². The monoisotopic (exact) mass is 231 g/mol. The van der Waals surface area contributed by atoms with E-state index >= 15 is 0 Å². The van der Waals surface area contributed by atoms with Gasteiger partial charge in [0.15, 0.2) is 0 Å². The SMILES string of the molecule is C=C(C1CO1)N(CC1CO1)c1ccc(C)cc1. The van der Waals surface area contributed by atoms with Gasteiger partial charge in [0.2, 0.25) is 0 Å². The van der Waals surface area contributed by atoms with Crippen LogP contribution in [0.5, 0.6) is 0 Å². The summed E-state index contributed by atoms with van der Waals surface area (Å²) in [7, 11) is 0. The fraction of sp³-hybridized carbons (Fsp3) is 0.429. The first-order valence-corrected chi connectivity index (χ1v) is 6.00. The van der Waals surface area contributed by atoms with Gasteiger partial charge < -0.3 is 14.4 Å². The molecule has 0 aliphatic carbocycles. The van der Waals surface area contributed by atoms with E-state index in [1.807, 2.05) is 0 Å². The lowest BCUT2D eigenvalue weighted by Crippen LogP contribution is -2.29. The highest BCUT2D eigenvalue weighted by atomic mass is 16.6. The van der Waals surface area contributed by atoms with Gasteiger partial charge in [0.05, 0.1) is 25.9 Å². The lowest BCUT2D eigenvalue weighted by molar-refractivity contribution is 0.403. The zero-order valence-corrected chi connectivity index (χ0v) is 10.1. The molecule has 0 amide bonds. The van der Waals surface area contributed by atoms with Gasteiger partial charge >= 0.3 is 0 Å². The summed E-state index contributed by atoms with van der Waals surface area (Å²) in [5.41, 5.74) is 3.49. The number of ether oxygens (including phenoxy) is 2. The van der Waals surface area contributed by atoms with Crippen LogP contribution in [0.4, 0.5) is 5.69 Å². The Kier molecular flexibility index (Phi) is 2.65. The predicted molar refractivity (Wildman–Crippen MR) is 67.1 cm³/mol. The third-order valence-electron chi connectivity index (χ3n) is 3.19. The zero-order valence-electron chi connectivity index (χ0n) is 10.1. The third-order valence-corrected chi connectivity index (χ3v) is 3.19. The molecule has 90 valence electrons. The lowest BCUT2D eigenvalue weighted by atomic mass is 10.2. The summed E-state index contributed by atoms with van der Waals surface area (Å²) < 4.78 is 10.6. The molecule has 0 radical (unpaired) electrons. The quantitative estimate of drug-likeness (QED) is 0.727. The lowest BCUT2D eigenvalue weighted by Gasteiger charge is -2.25. The molecule has 1 aromatic carbocycles. The summed E-state index contributed by atoms with van der Waals surface area (Å²) in [6.07, 6.45) is 0.557. The summed E-state index contributed by atoms with van der Waals surface area (Å²) in [6.45, 7) is 8.77. The van der Waals surface area contributed by atoms with Crippen molar-refractivity contribution in [3.8, 4) is 0 Å². The maximum absolute atomic E-state index is 5.32. The largest absolute Gasteiger partial charge is 0.371 e. The van der Waals surface area contributed by atoms with Crippen LogP contribution in [0, 0.1) is 6.92 Å². The second-order valence-corrected chi connectivity index (χ2v) is 4.71. The van der Waals surface area contributed by atoms with Crippen LogP contribution in [0.2, 0.25) is 0 Å². The van der Waals surface area contributed by atoms with Crippen molar-refractivity contribution in [2.45, 2.75) is 19.1 Å². The van der Waals surface area contributed by atoms with E-state index in [4.69, 9.17) is 9.47 Å². The molecule has 0 bridgehead atoms. The molecule has 17 heavy (non-hydrogen) atoms. The Morgan fingerprint density at radius 2 is 1.94 bits per heavy atom. The van der Waals surface area contributed by atoms with Gasteiger partial charge in [-0.05, 0) is 19.1 Å². The van der Waals surface area contributed by atoms with E-state index in [0.717, 1.165) is 25.5 Å². The van der Waals surface area contributed by atoms with Crippen LogP contribution in [0.15, 0.2) is 36.5 Å². The molecule has 2 unspecified atom stereocenters. The van der Waals surface area contributed by atoms with Crippen molar-refractivity contribution in [2.75, 3.05) is 24.7 Å². The molecule has 2 atom stereocenters. The summed E-state index contributed by atoms with van der Waals surface area (Å²) in [4.78, 5) is 2.22. The first-order valence-electron chi connectivity index (χ1n) is 6.00. The first-order chi connectivity index (χ1) is 8.24. The third kappa shape index (κ3) is 2.51. The normalized spacial score (nSPS) is 25.5. The number of epoxide rings is 2. The maximum atomic E-state index is 5.32. The smallest absolute Gasteiger partial charge is 0.120 e. The van der Waals surface area contributed by atoms with E-state index in [1.165, 1.54) is 11.3 Å². The summed E-state index contributed by atoms with van der Waals surface area (Å²) >= 11 is 0. The van der Waals surface area contributed by atoms with Crippen molar-refractivity contribution in [1.82, 2.24) is 0 Å². The Morgan fingerprint density at radius 1 is 1.29 bits per heavy atom. The highest BCUT2D eigenvalue weighted by Gasteiger charge is 2.33. The minimum atomic E-state index is 0.204. The van der Waals surface area contributed by atoms with Gasteiger partial charge in [0.1, 0.15) is 6.10 Å². The van der Waals surface area contributed by atoms with E-state index in [2.05, 4.69) is 42.7 Å². The Labute approximate surface area is 102 Å². The molecule has 3 heteroatoms. The molecule has 2 aliphatic heterocycles. The van der Waals surface area contributed by atoms with Crippen LogP contribution >= 0.6 is 0 Å². The van der Waals surface area contributed by atoms with Crippen molar-refractivity contribution >= 4 is 5.69 Å². The summed E-state index contributed by atoms with van der Waals surface area (Å²) in [6, 6.07) is 8.50. The van der Waals surface area contributed by atoms with Gasteiger partial charge in [-0.3, -0.25) is 0 Å². The average Bonchev–Trinajstić information content (AvgIpc) is 3.18. The Bertz CT molecular complexity index is 418. The minimum Gasteiger partial charge on any atom is -0.371 e. The van der Waals surface area contributed by atoms with Crippen LogP contribution in [-0.2, 0) is 9.47 Å². The number of aryl methyl sites for hydroxylation is 1. The van der Waals surface area contributed by atoms with E-state index in [-0.39, 0.29) is 6.10 Å². The molecule has 0 N–H and O–H groups in total. The summed E-state index contributed by atoms with van der Waals surface area (Å²) in [5.74, 6) is 0. The highest BCUT2D eigenvalue weighted by Crippen LogP contribution is 2.29. The van der Waals surface area contributed by atoms with Gasteiger partial charge in [-0.1, -0.05) is 24.3 Å². The molecule has 3 rings (SSSR count). The van der Waals surface area contributed by atoms with Gasteiger partial charge in [0.25, 0.3) is 0 Å². The second-order valence-electron chi connectivity index (χ2n) is 4.71. The van der Waals surface area contributed by atoms with E-state index in [1.54, 1.807) is 0 Å². The number of hydrogen-bond donors (Lipinski definition) is 0. The molecule has 3 nitrogen and oxygen atoms in total. The van der Waals surface area contributed by atoms with Crippen LogP contribution in [-0.4, -0.2) is 32.0 Å². The van der Waals surface area contributed by atoms with E-state index < -0.39 is 0 Å². The van der Waals surface area contributed by atoms with Crippen molar-refractivity contribution < 1.29 is 9.47 Å². The first kappa shape index (κ1) is 10.8. The molecule has 2 saturated heterocycles. The van der Waals surface area contributed by atoms with E-state index in [9.17, 15) is 0 Å². The second kappa shape index (κ2) is 4.17. The van der Waals surface area contributed by atoms with Gasteiger partial charge in [-0.25, -0.2) is 0 Å². The Balaban J connectivity index is 1.80. The van der Waals surface area contributed by atoms with Crippen molar-refractivity contribution in [2.24, 2.45) is 0 Å². The average molecular weight is 231 g/mol. The molecule has 0 spiro atoms. The molecule has 1 aromatic rings. The predicted octanol–water partition coefficient (Wildman–Crippen LogP) is 2.11.